The summed E-state index contributed by atoms with van der Waals surface area (Å²) in [6, 6.07) is 0. The first-order chi connectivity index (χ1) is 3.31. The van der Waals surface area contributed by atoms with Gasteiger partial charge in [0.25, 0.3) is 0 Å². The van der Waals surface area contributed by atoms with Crippen LogP contribution in [-0.2, 0) is 0 Å². The molecule has 0 aliphatic heterocycles. The highest BCUT2D eigenvalue weighted by Crippen LogP contribution is 2.00. The van der Waals surface area contributed by atoms with Crippen molar-refractivity contribution in [3.63, 3.8) is 0 Å². The fourth-order valence-corrected chi connectivity index (χ4v) is 0.290. The maximum atomic E-state index is 11.4. The van der Waals surface area contributed by atoms with Crippen molar-refractivity contribution < 1.29 is 4.39 Å². The van der Waals surface area contributed by atoms with Gasteiger partial charge in [-0.15, -0.1) is 6.58 Å². The molecular weight excluding hydrogens is 91.1 g/mol. The molecular formula is C6H11F. The SMILES string of the molecule is C=CC(C)CCF. The Kier molecular flexibility index (Phi) is 3.67. The van der Waals surface area contributed by atoms with Crippen LogP contribution in [0.15, 0.2) is 12.7 Å². The van der Waals surface area contributed by atoms with Crippen molar-refractivity contribution in [3.8, 4) is 0 Å². The molecule has 0 aliphatic rings. The quantitative estimate of drug-likeness (QED) is 0.479. The third-order valence-electron chi connectivity index (χ3n) is 0.967. The highest BCUT2D eigenvalue weighted by atomic mass is 19.1. The smallest absolute Gasteiger partial charge is 0.0900 e. The molecule has 0 aliphatic carbocycles. The molecule has 42 valence electrons. The lowest BCUT2D eigenvalue weighted by Crippen LogP contribution is -1.88. The highest BCUT2D eigenvalue weighted by Gasteiger charge is 1.91. The minimum Gasteiger partial charge on any atom is -0.251 e. The van der Waals surface area contributed by atoms with Crippen LogP contribution in [0.2, 0.25) is 0 Å². The van der Waals surface area contributed by atoms with Crippen LogP contribution in [0.4, 0.5) is 4.39 Å². The third kappa shape index (κ3) is 3.50. The van der Waals surface area contributed by atoms with Crippen LogP contribution in [0.25, 0.3) is 0 Å². The van der Waals surface area contributed by atoms with Crippen molar-refractivity contribution in [2.75, 3.05) is 6.67 Å². The van der Waals surface area contributed by atoms with Crippen molar-refractivity contribution in [3.05, 3.63) is 12.7 Å². The van der Waals surface area contributed by atoms with Crippen LogP contribution in [0.1, 0.15) is 13.3 Å². The standard InChI is InChI=1S/C6H11F/c1-3-6(2)4-5-7/h3,6H,1,4-5H2,2H3. The van der Waals surface area contributed by atoms with Gasteiger partial charge < -0.3 is 0 Å². The van der Waals surface area contributed by atoms with Crippen LogP contribution in [0, 0.1) is 5.92 Å². The number of hydrogen-bond acceptors (Lipinski definition) is 0. The molecule has 0 rings (SSSR count). The molecule has 0 spiro atoms. The molecule has 0 bridgehead atoms. The van der Waals surface area contributed by atoms with Crippen LogP contribution >= 0.6 is 0 Å². The molecule has 0 radical (unpaired) electrons. The van der Waals surface area contributed by atoms with E-state index in [0.29, 0.717) is 12.3 Å². The van der Waals surface area contributed by atoms with Crippen molar-refractivity contribution in [1.82, 2.24) is 0 Å². The van der Waals surface area contributed by atoms with Gasteiger partial charge in [0.05, 0.1) is 6.67 Å². The summed E-state index contributed by atoms with van der Waals surface area (Å²) in [6.07, 6.45) is 2.38. The molecule has 1 heteroatoms. The molecule has 0 fully saturated rings. The molecule has 0 N–H and O–H groups in total. The number of halogens is 1. The summed E-state index contributed by atoms with van der Waals surface area (Å²) in [7, 11) is 0. The van der Waals surface area contributed by atoms with Crippen molar-refractivity contribution in [2.24, 2.45) is 5.92 Å². The van der Waals surface area contributed by atoms with E-state index in [-0.39, 0.29) is 6.67 Å². The van der Waals surface area contributed by atoms with Gasteiger partial charge in [0, 0.05) is 0 Å². The van der Waals surface area contributed by atoms with Gasteiger partial charge in [0.2, 0.25) is 0 Å². The second kappa shape index (κ2) is 3.85. The minimum absolute atomic E-state index is 0.229. The Labute approximate surface area is 44.0 Å². The van der Waals surface area contributed by atoms with E-state index in [9.17, 15) is 4.39 Å². The summed E-state index contributed by atoms with van der Waals surface area (Å²) in [4.78, 5) is 0. The van der Waals surface area contributed by atoms with Gasteiger partial charge >= 0.3 is 0 Å². The number of allylic oxidation sites excluding steroid dienone is 1. The van der Waals surface area contributed by atoms with E-state index in [1.54, 1.807) is 6.08 Å². The summed E-state index contributed by atoms with van der Waals surface area (Å²) in [5.41, 5.74) is 0. The zero-order valence-electron chi connectivity index (χ0n) is 4.65. The lowest BCUT2D eigenvalue weighted by Gasteiger charge is -1.96. The summed E-state index contributed by atoms with van der Waals surface area (Å²) < 4.78 is 11.4. The number of rotatable bonds is 3. The molecule has 0 amide bonds. The normalized spacial score (nSPS) is 13.4. The number of hydrogen-bond donors (Lipinski definition) is 0. The maximum Gasteiger partial charge on any atom is 0.0900 e. The van der Waals surface area contributed by atoms with Crippen LogP contribution in [-0.4, -0.2) is 6.67 Å². The molecule has 0 heterocycles. The molecule has 0 aromatic heterocycles. The summed E-state index contributed by atoms with van der Waals surface area (Å²) in [5.74, 6) is 0.338. The van der Waals surface area contributed by atoms with Gasteiger partial charge in [-0.25, -0.2) is 0 Å². The van der Waals surface area contributed by atoms with Crippen LogP contribution in [0.3, 0.4) is 0 Å². The minimum atomic E-state index is -0.229. The molecule has 0 saturated heterocycles. The summed E-state index contributed by atoms with van der Waals surface area (Å²) in [6.45, 7) is 5.23. The monoisotopic (exact) mass is 102 g/mol. The maximum absolute atomic E-state index is 11.4. The third-order valence-corrected chi connectivity index (χ3v) is 0.967. The predicted molar refractivity (Wildman–Crippen MR) is 30.0 cm³/mol. The van der Waals surface area contributed by atoms with E-state index >= 15 is 0 Å². The Bertz CT molecular complexity index is 50.1. The van der Waals surface area contributed by atoms with Crippen molar-refractivity contribution in [1.29, 1.82) is 0 Å². The van der Waals surface area contributed by atoms with E-state index in [2.05, 4.69) is 6.58 Å². The van der Waals surface area contributed by atoms with E-state index in [0.717, 1.165) is 0 Å². The van der Waals surface area contributed by atoms with Gasteiger partial charge in [-0.1, -0.05) is 13.0 Å². The van der Waals surface area contributed by atoms with Crippen molar-refractivity contribution in [2.45, 2.75) is 13.3 Å². The average molecular weight is 102 g/mol. The lowest BCUT2D eigenvalue weighted by atomic mass is 10.1. The molecule has 0 nitrogen and oxygen atoms in total. The average Bonchev–Trinajstić information content (AvgIpc) is 1.68. The van der Waals surface area contributed by atoms with Gasteiger partial charge in [-0.05, 0) is 12.3 Å². The molecule has 0 saturated carbocycles. The van der Waals surface area contributed by atoms with Crippen LogP contribution < -0.4 is 0 Å². The molecule has 0 aromatic carbocycles. The molecule has 0 aromatic rings. The van der Waals surface area contributed by atoms with Crippen molar-refractivity contribution >= 4 is 0 Å². The van der Waals surface area contributed by atoms with Gasteiger partial charge in [0.15, 0.2) is 0 Å². The van der Waals surface area contributed by atoms with Gasteiger partial charge in [-0.2, -0.15) is 0 Å². The first-order valence-corrected chi connectivity index (χ1v) is 2.49. The second-order valence-corrected chi connectivity index (χ2v) is 1.69. The largest absolute Gasteiger partial charge is 0.251 e. The summed E-state index contributed by atoms with van der Waals surface area (Å²) >= 11 is 0. The topological polar surface area (TPSA) is 0 Å². The summed E-state index contributed by atoms with van der Waals surface area (Å²) in [5, 5.41) is 0. The first kappa shape index (κ1) is 6.67. The Balaban J connectivity index is 2.98. The van der Waals surface area contributed by atoms with Gasteiger partial charge in [-0.3, -0.25) is 4.39 Å². The zero-order valence-corrected chi connectivity index (χ0v) is 4.65. The van der Waals surface area contributed by atoms with E-state index in [1.807, 2.05) is 6.92 Å². The first-order valence-electron chi connectivity index (χ1n) is 2.49. The van der Waals surface area contributed by atoms with E-state index < -0.39 is 0 Å². The Morgan fingerprint density at radius 1 is 1.86 bits per heavy atom. The molecule has 1 atom stereocenters. The molecule has 7 heavy (non-hydrogen) atoms. The number of alkyl halides is 1. The Hall–Kier alpha value is -0.330. The van der Waals surface area contributed by atoms with Gasteiger partial charge in [0.1, 0.15) is 0 Å². The Morgan fingerprint density at radius 3 is 2.57 bits per heavy atom. The van der Waals surface area contributed by atoms with E-state index in [1.165, 1.54) is 0 Å². The molecule has 1 unspecified atom stereocenters. The fourth-order valence-electron chi connectivity index (χ4n) is 0.290. The lowest BCUT2D eigenvalue weighted by molar-refractivity contribution is 0.438. The predicted octanol–water partition coefficient (Wildman–Crippen LogP) is 2.17. The van der Waals surface area contributed by atoms with E-state index in [4.69, 9.17) is 0 Å². The fraction of sp³-hybridized carbons (Fsp3) is 0.667. The second-order valence-electron chi connectivity index (χ2n) is 1.69. The Morgan fingerprint density at radius 2 is 2.43 bits per heavy atom. The highest BCUT2D eigenvalue weighted by molar-refractivity contribution is 4.73. The zero-order chi connectivity index (χ0) is 5.70. The van der Waals surface area contributed by atoms with Crippen LogP contribution in [0.5, 0.6) is 0 Å².